The van der Waals surface area contributed by atoms with Crippen molar-refractivity contribution in [2.75, 3.05) is 65.4 Å². The van der Waals surface area contributed by atoms with Gasteiger partial charge in [-0.3, -0.25) is 9.59 Å². The molecule has 30 heavy (non-hydrogen) atoms. The minimum absolute atomic E-state index is 0.143. The van der Waals surface area contributed by atoms with Gasteiger partial charge in [-0.25, -0.2) is 0 Å². The second-order valence-electron chi connectivity index (χ2n) is 9.86. The summed E-state index contributed by atoms with van der Waals surface area (Å²) in [4.78, 5) is 28.6. The smallest absolute Gasteiger partial charge is 0.307 e. The summed E-state index contributed by atoms with van der Waals surface area (Å²) in [5, 5.41) is 6.96. The van der Waals surface area contributed by atoms with Crippen LogP contribution in [0.15, 0.2) is 0 Å². The quantitative estimate of drug-likeness (QED) is 0.612. The molecule has 0 radical (unpaired) electrons. The maximum absolute atomic E-state index is 12.0. The van der Waals surface area contributed by atoms with Crippen molar-refractivity contribution in [1.29, 1.82) is 0 Å². The summed E-state index contributed by atoms with van der Waals surface area (Å²) in [5.74, 6) is -0.287. The molecule has 0 atom stereocenters. The summed E-state index contributed by atoms with van der Waals surface area (Å²) in [6, 6.07) is 0. The van der Waals surface area contributed by atoms with E-state index in [1.54, 1.807) is 0 Å². The Labute approximate surface area is 183 Å². The highest BCUT2D eigenvalue weighted by Gasteiger charge is 2.18. The zero-order valence-corrected chi connectivity index (χ0v) is 20.0. The fourth-order valence-electron chi connectivity index (χ4n) is 3.15. The predicted molar refractivity (Wildman–Crippen MR) is 120 cm³/mol. The Morgan fingerprint density at radius 2 is 0.967 bits per heavy atom. The van der Waals surface area contributed by atoms with E-state index >= 15 is 0 Å². The average molecular weight is 429 g/mol. The van der Waals surface area contributed by atoms with Crippen molar-refractivity contribution in [3.63, 3.8) is 0 Å². The number of nitrogens with one attached hydrogen (secondary N) is 2. The molecule has 2 N–H and O–H groups in total. The molecule has 8 heteroatoms. The van der Waals surface area contributed by atoms with Crippen LogP contribution in [0.5, 0.6) is 0 Å². The Bertz CT molecular complexity index is 456. The molecule has 176 valence electrons. The van der Waals surface area contributed by atoms with E-state index in [1.165, 1.54) is 0 Å². The summed E-state index contributed by atoms with van der Waals surface area (Å²) in [6.45, 7) is 19.8. The van der Waals surface area contributed by atoms with Gasteiger partial charge >= 0.3 is 11.9 Å². The molecule has 0 spiro atoms. The first kappa shape index (κ1) is 26.8. The first-order valence-corrected chi connectivity index (χ1v) is 11.2. The second-order valence-corrected chi connectivity index (χ2v) is 9.86. The van der Waals surface area contributed by atoms with Gasteiger partial charge in [0.15, 0.2) is 0 Å². The van der Waals surface area contributed by atoms with Crippen LogP contribution >= 0.6 is 0 Å². The molecule has 1 aliphatic heterocycles. The van der Waals surface area contributed by atoms with E-state index in [4.69, 9.17) is 9.47 Å². The lowest BCUT2D eigenvalue weighted by Crippen LogP contribution is -2.44. The minimum Gasteiger partial charge on any atom is -0.460 e. The molecule has 0 aliphatic carbocycles. The summed E-state index contributed by atoms with van der Waals surface area (Å²) in [5.41, 5.74) is -0.866. The Morgan fingerprint density at radius 3 is 1.23 bits per heavy atom. The van der Waals surface area contributed by atoms with Crippen molar-refractivity contribution < 1.29 is 19.1 Å². The van der Waals surface area contributed by atoms with Crippen molar-refractivity contribution in [1.82, 2.24) is 20.4 Å². The summed E-state index contributed by atoms with van der Waals surface area (Å²) in [6.07, 6.45) is 0.825. The van der Waals surface area contributed by atoms with Crippen molar-refractivity contribution in [3.05, 3.63) is 0 Å². The van der Waals surface area contributed by atoms with E-state index in [0.717, 1.165) is 52.4 Å². The summed E-state index contributed by atoms with van der Waals surface area (Å²) < 4.78 is 10.8. The number of rotatable bonds is 6. The molecule has 1 saturated heterocycles. The molecule has 8 nitrogen and oxygen atoms in total. The molecule has 0 aromatic rings. The monoisotopic (exact) mass is 428 g/mol. The molecule has 0 aromatic carbocycles. The molecule has 0 saturated carbocycles. The number of esters is 2. The Balaban J connectivity index is 2.35. The highest BCUT2D eigenvalue weighted by atomic mass is 16.6. The van der Waals surface area contributed by atoms with Crippen LogP contribution in [0.4, 0.5) is 0 Å². The topological polar surface area (TPSA) is 83.1 Å². The normalized spacial score (nSPS) is 18.9. The largest absolute Gasteiger partial charge is 0.460 e. The molecule has 1 fully saturated rings. The highest BCUT2D eigenvalue weighted by molar-refractivity contribution is 5.70. The zero-order chi connectivity index (χ0) is 22.6. The van der Waals surface area contributed by atoms with E-state index in [-0.39, 0.29) is 11.9 Å². The van der Waals surface area contributed by atoms with Crippen LogP contribution in [-0.2, 0) is 19.1 Å². The van der Waals surface area contributed by atoms with Gasteiger partial charge < -0.3 is 29.9 Å². The third-order valence-electron chi connectivity index (χ3n) is 4.52. The molecular weight excluding hydrogens is 384 g/mol. The standard InChI is InChI=1S/C22H44N4O4/c1-21(2,3)29-19(27)7-13-25-15-9-23-11-17-26(18-12-24-10-16-25)14-8-20(28)30-22(4,5)6/h23-24H,7-18H2,1-6H3. The van der Waals surface area contributed by atoms with Gasteiger partial charge in [-0.15, -0.1) is 0 Å². The fourth-order valence-corrected chi connectivity index (χ4v) is 3.15. The maximum Gasteiger partial charge on any atom is 0.307 e. The van der Waals surface area contributed by atoms with Gasteiger partial charge in [0.05, 0.1) is 12.8 Å². The summed E-state index contributed by atoms with van der Waals surface area (Å²) >= 11 is 0. The van der Waals surface area contributed by atoms with Gasteiger partial charge in [0, 0.05) is 65.4 Å². The third kappa shape index (κ3) is 14.7. The van der Waals surface area contributed by atoms with Crippen LogP contribution in [0.25, 0.3) is 0 Å². The van der Waals surface area contributed by atoms with Crippen LogP contribution in [0, 0.1) is 0 Å². The van der Waals surface area contributed by atoms with Gasteiger partial charge in [-0.05, 0) is 41.5 Å². The predicted octanol–water partition coefficient (Wildman–Crippen LogP) is 1.25. The number of nitrogens with zero attached hydrogens (tertiary/aromatic N) is 2. The van der Waals surface area contributed by atoms with Crippen LogP contribution in [-0.4, -0.2) is 98.4 Å². The van der Waals surface area contributed by atoms with Crippen molar-refractivity contribution in [2.24, 2.45) is 0 Å². The van der Waals surface area contributed by atoms with E-state index < -0.39 is 11.2 Å². The van der Waals surface area contributed by atoms with Gasteiger partial charge in [-0.2, -0.15) is 0 Å². The number of hydrogen-bond donors (Lipinski definition) is 2. The van der Waals surface area contributed by atoms with E-state index in [2.05, 4.69) is 20.4 Å². The summed E-state index contributed by atoms with van der Waals surface area (Å²) in [7, 11) is 0. The lowest BCUT2D eigenvalue weighted by atomic mass is 10.2. The van der Waals surface area contributed by atoms with Crippen molar-refractivity contribution >= 4 is 11.9 Å². The third-order valence-corrected chi connectivity index (χ3v) is 4.52. The number of carbonyl (C=O) groups is 2. The second kappa shape index (κ2) is 13.2. The molecule has 0 unspecified atom stereocenters. The van der Waals surface area contributed by atoms with Crippen LogP contribution in [0.3, 0.4) is 0 Å². The molecule has 0 aromatic heterocycles. The molecule has 0 bridgehead atoms. The molecule has 0 amide bonds. The Hall–Kier alpha value is -1.22. The average Bonchev–Trinajstić information content (AvgIpc) is 2.57. The van der Waals surface area contributed by atoms with Gasteiger partial charge in [0.2, 0.25) is 0 Å². The van der Waals surface area contributed by atoms with Crippen molar-refractivity contribution in [3.8, 4) is 0 Å². The molecule has 1 heterocycles. The minimum atomic E-state index is -0.433. The zero-order valence-electron chi connectivity index (χ0n) is 20.0. The SMILES string of the molecule is CC(C)(C)OC(=O)CCN1CCNCCN(CCC(=O)OC(C)(C)C)CCNCC1. The number of ether oxygens (including phenoxy) is 2. The maximum atomic E-state index is 12.0. The molecular formula is C22H44N4O4. The van der Waals surface area contributed by atoms with Crippen molar-refractivity contribution in [2.45, 2.75) is 65.6 Å². The van der Waals surface area contributed by atoms with E-state index in [0.29, 0.717) is 25.9 Å². The van der Waals surface area contributed by atoms with E-state index in [9.17, 15) is 9.59 Å². The fraction of sp³-hybridized carbons (Fsp3) is 0.909. The van der Waals surface area contributed by atoms with Gasteiger partial charge in [0.25, 0.3) is 0 Å². The molecule has 1 aliphatic rings. The Kier molecular flexibility index (Phi) is 11.8. The molecule has 1 rings (SSSR count). The first-order chi connectivity index (χ1) is 13.9. The lowest BCUT2D eigenvalue weighted by molar-refractivity contribution is -0.156. The van der Waals surface area contributed by atoms with Crippen LogP contribution in [0.1, 0.15) is 54.4 Å². The van der Waals surface area contributed by atoms with Crippen LogP contribution in [0.2, 0.25) is 0 Å². The Morgan fingerprint density at radius 1 is 0.667 bits per heavy atom. The van der Waals surface area contributed by atoms with Gasteiger partial charge in [-0.1, -0.05) is 0 Å². The van der Waals surface area contributed by atoms with Crippen LogP contribution < -0.4 is 10.6 Å². The lowest BCUT2D eigenvalue weighted by Gasteiger charge is -2.27. The number of hydrogen-bond acceptors (Lipinski definition) is 8. The highest BCUT2D eigenvalue weighted by Crippen LogP contribution is 2.09. The van der Waals surface area contributed by atoms with Gasteiger partial charge in [0.1, 0.15) is 11.2 Å². The first-order valence-electron chi connectivity index (χ1n) is 11.2. The van der Waals surface area contributed by atoms with E-state index in [1.807, 2.05) is 41.5 Å². The number of carbonyl (C=O) groups excluding carboxylic acids is 2.